The number of phenols is 1. The molecule has 0 saturated carbocycles. The van der Waals surface area contributed by atoms with E-state index in [9.17, 15) is 9.90 Å². The van der Waals surface area contributed by atoms with Gasteiger partial charge in [0.25, 0.3) is 5.91 Å². The average Bonchev–Trinajstić information content (AvgIpc) is 2.98. The van der Waals surface area contributed by atoms with Crippen LogP contribution in [0, 0.1) is 0 Å². The lowest BCUT2D eigenvalue weighted by Crippen LogP contribution is -2.54. The van der Waals surface area contributed by atoms with Crippen molar-refractivity contribution in [2.45, 2.75) is 31.0 Å². The number of nitrogens with zero attached hydrogens (tertiary/aromatic N) is 3. The normalized spacial score (nSPS) is 22.6. The number of rotatable bonds is 6. The van der Waals surface area contributed by atoms with Crippen molar-refractivity contribution in [1.29, 1.82) is 0 Å². The number of hydrogen-bond donors (Lipinski definition) is 1. The van der Waals surface area contributed by atoms with Crippen molar-refractivity contribution < 1.29 is 9.90 Å². The molecule has 5 heteroatoms. The summed E-state index contributed by atoms with van der Waals surface area (Å²) in [7, 11) is 3.54. The molecular weight excluding hydrogens is 374 g/mol. The summed E-state index contributed by atoms with van der Waals surface area (Å²) in [6.07, 6.45) is 4.36. The van der Waals surface area contributed by atoms with Crippen LogP contribution < -0.4 is 0 Å². The Balaban J connectivity index is 1.70. The van der Waals surface area contributed by atoms with E-state index in [2.05, 4.69) is 34.6 Å². The van der Waals surface area contributed by atoms with E-state index < -0.39 is 0 Å². The van der Waals surface area contributed by atoms with Crippen molar-refractivity contribution in [3.8, 4) is 5.75 Å². The van der Waals surface area contributed by atoms with Gasteiger partial charge >= 0.3 is 0 Å². The van der Waals surface area contributed by atoms with Gasteiger partial charge in [-0.25, -0.2) is 0 Å². The zero-order valence-corrected chi connectivity index (χ0v) is 17.9. The number of carbonyl (C=O) groups is 1. The van der Waals surface area contributed by atoms with Crippen molar-refractivity contribution in [1.82, 2.24) is 14.7 Å². The molecule has 2 aliphatic heterocycles. The number of phenolic OH excluding ortho intramolecular Hbond substituents is 1. The van der Waals surface area contributed by atoms with E-state index in [0.29, 0.717) is 17.6 Å². The maximum Gasteiger partial charge on any atom is 0.253 e. The Morgan fingerprint density at radius 1 is 1.13 bits per heavy atom. The molecule has 30 heavy (non-hydrogen) atoms. The summed E-state index contributed by atoms with van der Waals surface area (Å²) in [6, 6.07) is 16.6. The van der Waals surface area contributed by atoms with Gasteiger partial charge in [0.1, 0.15) is 5.75 Å². The predicted octanol–water partition coefficient (Wildman–Crippen LogP) is 3.52. The zero-order chi connectivity index (χ0) is 21.3. The molecule has 0 aromatic heterocycles. The van der Waals surface area contributed by atoms with Gasteiger partial charge in [-0.2, -0.15) is 0 Å². The van der Waals surface area contributed by atoms with E-state index in [4.69, 9.17) is 0 Å². The van der Waals surface area contributed by atoms with Crippen LogP contribution in [0.2, 0.25) is 0 Å². The van der Waals surface area contributed by atoms with Crippen LogP contribution in [0.5, 0.6) is 5.75 Å². The highest BCUT2D eigenvalue weighted by atomic mass is 16.3. The highest BCUT2D eigenvalue weighted by Crippen LogP contribution is 2.41. The predicted molar refractivity (Wildman–Crippen MR) is 120 cm³/mol. The molecule has 0 spiro atoms. The molecule has 3 atom stereocenters. The molecular formula is C25H31N3O2. The number of piperazine rings is 1. The number of aromatic hydroxyl groups is 1. The van der Waals surface area contributed by atoms with Crippen LogP contribution in [-0.4, -0.2) is 71.5 Å². The standard InChI is InChI=1S/C25H31N3O2/c1-4-14-27-16-21-12-13-22(17-27)28(21)24(20-6-5-7-23(29)15-20)18-8-10-19(11-9-18)25(30)26(2)3/h4-11,15,21-22,24,29H,1,12-14,16-17H2,2-3H3. The monoisotopic (exact) mass is 405 g/mol. The molecule has 0 radical (unpaired) electrons. The highest BCUT2D eigenvalue weighted by Gasteiger charge is 2.43. The molecule has 2 bridgehead atoms. The second kappa shape index (κ2) is 8.62. The fraction of sp³-hybridized carbons (Fsp3) is 0.400. The topological polar surface area (TPSA) is 47.0 Å². The van der Waals surface area contributed by atoms with Crippen LogP contribution >= 0.6 is 0 Å². The molecule has 2 aliphatic rings. The molecule has 2 aromatic rings. The van der Waals surface area contributed by atoms with Gasteiger partial charge in [0, 0.05) is 51.4 Å². The van der Waals surface area contributed by atoms with Gasteiger partial charge in [-0.05, 0) is 48.2 Å². The average molecular weight is 406 g/mol. The van der Waals surface area contributed by atoms with E-state index >= 15 is 0 Å². The fourth-order valence-corrected chi connectivity index (χ4v) is 5.07. The summed E-state index contributed by atoms with van der Waals surface area (Å²) in [4.78, 5) is 19.0. The third-order valence-electron chi connectivity index (χ3n) is 6.37. The minimum absolute atomic E-state index is 0.00793. The Labute approximate surface area is 179 Å². The Morgan fingerprint density at radius 2 is 1.80 bits per heavy atom. The van der Waals surface area contributed by atoms with Crippen LogP contribution in [0.3, 0.4) is 0 Å². The quantitative estimate of drug-likeness (QED) is 0.747. The van der Waals surface area contributed by atoms with Crippen molar-refractivity contribution in [3.63, 3.8) is 0 Å². The minimum atomic E-state index is 0.00793. The Morgan fingerprint density at radius 3 is 2.37 bits per heavy atom. The lowest BCUT2D eigenvalue weighted by molar-refractivity contribution is 0.0499. The van der Waals surface area contributed by atoms with Gasteiger partial charge in [0.05, 0.1) is 6.04 Å². The first-order chi connectivity index (χ1) is 14.5. The van der Waals surface area contributed by atoms with Gasteiger partial charge in [-0.1, -0.05) is 30.3 Å². The van der Waals surface area contributed by atoms with Gasteiger partial charge < -0.3 is 10.0 Å². The summed E-state index contributed by atoms with van der Waals surface area (Å²) in [5.74, 6) is 0.295. The maximum absolute atomic E-state index is 12.3. The third-order valence-corrected chi connectivity index (χ3v) is 6.37. The molecule has 2 saturated heterocycles. The number of amides is 1. The summed E-state index contributed by atoms with van der Waals surface area (Å²) in [5, 5.41) is 10.2. The molecule has 2 fully saturated rings. The van der Waals surface area contributed by atoms with Crippen LogP contribution in [0.25, 0.3) is 0 Å². The summed E-state index contributed by atoms with van der Waals surface area (Å²) < 4.78 is 0. The smallest absolute Gasteiger partial charge is 0.253 e. The zero-order valence-electron chi connectivity index (χ0n) is 17.9. The molecule has 1 N–H and O–H groups in total. The van der Waals surface area contributed by atoms with E-state index in [1.807, 2.05) is 30.3 Å². The highest BCUT2D eigenvalue weighted by molar-refractivity contribution is 5.93. The Kier molecular flexibility index (Phi) is 5.93. The number of carbonyl (C=O) groups excluding carboxylic acids is 1. The molecule has 2 heterocycles. The maximum atomic E-state index is 12.3. The van der Waals surface area contributed by atoms with Crippen molar-refractivity contribution in [2.24, 2.45) is 0 Å². The largest absolute Gasteiger partial charge is 0.508 e. The molecule has 158 valence electrons. The Bertz CT molecular complexity index is 895. The molecule has 0 aliphatic carbocycles. The number of fused-ring (bicyclic) bond motifs is 2. The van der Waals surface area contributed by atoms with Crippen LogP contribution in [-0.2, 0) is 0 Å². The molecule has 1 amide bonds. The van der Waals surface area contributed by atoms with Gasteiger partial charge in [0.2, 0.25) is 0 Å². The van der Waals surface area contributed by atoms with Crippen LogP contribution in [0.15, 0.2) is 61.2 Å². The first kappa shape index (κ1) is 20.6. The third kappa shape index (κ3) is 4.00. The lowest BCUT2D eigenvalue weighted by atomic mass is 9.93. The van der Waals surface area contributed by atoms with Crippen molar-refractivity contribution in [2.75, 3.05) is 33.7 Å². The molecule has 5 nitrogen and oxygen atoms in total. The summed E-state index contributed by atoms with van der Waals surface area (Å²) in [5.41, 5.74) is 2.94. The summed E-state index contributed by atoms with van der Waals surface area (Å²) >= 11 is 0. The van der Waals surface area contributed by atoms with Crippen molar-refractivity contribution in [3.05, 3.63) is 77.9 Å². The van der Waals surface area contributed by atoms with E-state index in [0.717, 1.165) is 30.8 Å². The van der Waals surface area contributed by atoms with E-state index in [-0.39, 0.29) is 17.7 Å². The SMILES string of the molecule is C=CCN1CC2CCC(C1)N2C(c1ccc(C(=O)N(C)C)cc1)c1cccc(O)c1. The second-order valence-corrected chi connectivity index (χ2v) is 8.66. The van der Waals surface area contributed by atoms with Gasteiger partial charge in [0.15, 0.2) is 0 Å². The molecule has 2 aromatic carbocycles. The van der Waals surface area contributed by atoms with E-state index in [1.165, 1.54) is 12.8 Å². The van der Waals surface area contributed by atoms with Crippen LogP contribution in [0.4, 0.5) is 0 Å². The molecule has 4 rings (SSSR count). The minimum Gasteiger partial charge on any atom is -0.508 e. The number of hydrogen-bond acceptors (Lipinski definition) is 4. The lowest BCUT2D eigenvalue weighted by Gasteiger charge is -2.45. The second-order valence-electron chi connectivity index (χ2n) is 8.66. The number of benzene rings is 2. The van der Waals surface area contributed by atoms with Gasteiger partial charge in [-0.3, -0.25) is 14.6 Å². The van der Waals surface area contributed by atoms with Gasteiger partial charge in [-0.15, -0.1) is 6.58 Å². The molecule has 3 unspecified atom stereocenters. The van der Waals surface area contributed by atoms with E-state index in [1.54, 1.807) is 25.1 Å². The summed E-state index contributed by atoms with van der Waals surface area (Å²) in [6.45, 7) is 6.91. The number of likely N-dealkylation sites (tertiary alicyclic amines) is 1. The first-order valence-corrected chi connectivity index (χ1v) is 10.7. The Hall–Kier alpha value is -2.63. The first-order valence-electron chi connectivity index (χ1n) is 10.7. The van der Waals surface area contributed by atoms with Crippen molar-refractivity contribution >= 4 is 5.91 Å². The van der Waals surface area contributed by atoms with Crippen LogP contribution in [0.1, 0.15) is 40.4 Å². The fourth-order valence-electron chi connectivity index (χ4n) is 5.07.